The molecule has 3 heteroatoms. The Morgan fingerprint density at radius 1 is 1.75 bits per heavy atom. The summed E-state index contributed by atoms with van der Waals surface area (Å²) in [6, 6.07) is 0. The maximum atomic E-state index is 7.21. The SMILES string of the molecule is N#[C][Fe].[V]. The van der Waals surface area contributed by atoms with E-state index < -0.39 is 0 Å². The van der Waals surface area contributed by atoms with Crippen LogP contribution in [0.4, 0.5) is 0 Å². The molecule has 0 aromatic carbocycles. The molecule has 0 aromatic rings. The van der Waals surface area contributed by atoms with Crippen LogP contribution < -0.4 is 0 Å². The topological polar surface area (TPSA) is 23.8 Å². The zero-order valence-corrected chi connectivity index (χ0v) is 4.25. The summed E-state index contributed by atoms with van der Waals surface area (Å²) < 4.78 is 0. The molecule has 0 rings (SSSR count). The van der Waals surface area contributed by atoms with Crippen molar-refractivity contribution < 1.29 is 34.6 Å². The molecule has 0 unspecified atom stereocenters. The summed E-state index contributed by atoms with van der Waals surface area (Å²) in [5, 5.41) is 7.21. The van der Waals surface area contributed by atoms with Gasteiger partial charge in [0.05, 0.1) is 0 Å². The molecule has 4 heavy (non-hydrogen) atoms. The van der Waals surface area contributed by atoms with Gasteiger partial charge in [0.2, 0.25) is 0 Å². The van der Waals surface area contributed by atoms with Gasteiger partial charge in [0.25, 0.3) is 0 Å². The van der Waals surface area contributed by atoms with Crippen molar-refractivity contribution in [2.75, 3.05) is 0 Å². The van der Waals surface area contributed by atoms with Gasteiger partial charge >= 0.3 is 26.2 Å². The molecule has 1 radical (unpaired) electrons. The van der Waals surface area contributed by atoms with Crippen LogP contribution in [0.2, 0.25) is 0 Å². The van der Waals surface area contributed by atoms with Crippen LogP contribution in [-0.4, -0.2) is 0 Å². The molecule has 0 aliphatic rings. The van der Waals surface area contributed by atoms with E-state index in [2.05, 4.69) is 16.0 Å². The van der Waals surface area contributed by atoms with Crippen molar-refractivity contribution >= 4 is 0 Å². The first-order chi connectivity index (χ1) is 1.41. The molecule has 0 N–H and O–H groups in total. The number of rotatable bonds is 0. The average Bonchev–Trinajstić information content (AvgIpc) is 0.918. The van der Waals surface area contributed by atoms with E-state index in [0.29, 0.717) is 0 Å². The molecule has 0 fully saturated rings. The van der Waals surface area contributed by atoms with Crippen molar-refractivity contribution in [3.8, 4) is 4.97 Å². The van der Waals surface area contributed by atoms with Gasteiger partial charge in [-0.05, 0) is 0 Å². The van der Waals surface area contributed by atoms with Crippen LogP contribution in [0, 0.1) is 10.2 Å². The maximum absolute atomic E-state index is 7.21. The van der Waals surface area contributed by atoms with Gasteiger partial charge in [-0.15, -0.1) is 0 Å². The minimum absolute atomic E-state index is 0. The van der Waals surface area contributed by atoms with E-state index in [-0.39, 0.29) is 18.6 Å². The second kappa shape index (κ2) is 9.52. The maximum Gasteiger partial charge on any atom is 0 e. The molecule has 0 atom stereocenters. The monoisotopic (exact) mass is 133 g/mol. The third-order valence-electron chi connectivity index (χ3n) is 0. The molecule has 0 aliphatic carbocycles. The molecule has 0 saturated carbocycles. The first-order valence-corrected chi connectivity index (χ1v) is 0.952. The second-order valence-corrected chi connectivity index (χ2v) is 0.326. The second-order valence-electron chi connectivity index (χ2n) is 0.0791. The van der Waals surface area contributed by atoms with Gasteiger partial charge in [0.15, 0.2) is 0 Å². The first kappa shape index (κ1) is 8.82. The van der Waals surface area contributed by atoms with Gasteiger partial charge in [0, 0.05) is 18.6 Å². The van der Waals surface area contributed by atoms with Crippen LogP contribution in [-0.2, 0) is 34.6 Å². The predicted molar refractivity (Wildman–Crippen MR) is 5.61 cm³/mol. The van der Waals surface area contributed by atoms with Crippen LogP contribution in [0.5, 0.6) is 0 Å². The zero-order valence-electron chi connectivity index (χ0n) is 1.75. The summed E-state index contributed by atoms with van der Waals surface area (Å²) in [6.07, 6.45) is 0. The van der Waals surface area contributed by atoms with Gasteiger partial charge in [-0.2, -0.15) is 0 Å². The molecule has 0 aromatic heterocycles. The number of nitriles is 1. The fraction of sp³-hybridized carbons (Fsp3) is 0. The number of nitrogens with zero attached hydrogens (tertiary/aromatic N) is 1. The quantitative estimate of drug-likeness (QED) is 0.427. The normalized spacial score (nSPS) is 2.00. The molecule has 0 aliphatic heterocycles. The van der Waals surface area contributed by atoms with Gasteiger partial charge < -0.3 is 0 Å². The van der Waals surface area contributed by atoms with Gasteiger partial charge in [-0.25, -0.2) is 0 Å². The van der Waals surface area contributed by atoms with E-state index in [1.165, 1.54) is 4.97 Å². The molecular formula is CFeNV. The molecular weight excluding hydrogens is 133 g/mol. The van der Waals surface area contributed by atoms with E-state index >= 15 is 0 Å². The Hall–Kier alpha value is 0.594. The summed E-state index contributed by atoms with van der Waals surface area (Å²) in [6.45, 7) is 0. The van der Waals surface area contributed by atoms with Crippen molar-refractivity contribution in [3.05, 3.63) is 0 Å². The van der Waals surface area contributed by atoms with E-state index in [1.807, 2.05) is 0 Å². The summed E-state index contributed by atoms with van der Waals surface area (Å²) in [7, 11) is 0. The minimum Gasteiger partial charge on any atom is 0 e. The van der Waals surface area contributed by atoms with Crippen LogP contribution in [0.15, 0.2) is 0 Å². The van der Waals surface area contributed by atoms with Crippen LogP contribution >= 0.6 is 0 Å². The Kier molecular flexibility index (Phi) is 21.0. The van der Waals surface area contributed by atoms with Crippen molar-refractivity contribution in [2.24, 2.45) is 0 Å². The largest absolute Gasteiger partial charge is 0 e. The van der Waals surface area contributed by atoms with Gasteiger partial charge in [-0.1, -0.05) is 0 Å². The van der Waals surface area contributed by atoms with E-state index in [4.69, 9.17) is 5.26 Å². The third kappa shape index (κ3) is 18.7. The van der Waals surface area contributed by atoms with Crippen LogP contribution in [0.3, 0.4) is 0 Å². The summed E-state index contributed by atoms with van der Waals surface area (Å²) in [4.78, 5) is 1.50. The number of hydrogen-bond acceptors (Lipinski definition) is 1. The smallest absolute Gasteiger partial charge is 0 e. The van der Waals surface area contributed by atoms with E-state index in [9.17, 15) is 0 Å². The molecule has 22 valence electrons. The Labute approximate surface area is 45.1 Å². The fourth-order valence-electron chi connectivity index (χ4n) is 0. The van der Waals surface area contributed by atoms with E-state index in [1.54, 1.807) is 0 Å². The molecule has 0 bridgehead atoms. The van der Waals surface area contributed by atoms with E-state index in [0.717, 1.165) is 0 Å². The molecule has 0 saturated heterocycles. The average molecular weight is 133 g/mol. The zero-order chi connectivity index (χ0) is 2.71. The van der Waals surface area contributed by atoms with Crippen LogP contribution in [0.1, 0.15) is 0 Å². The fourth-order valence-corrected chi connectivity index (χ4v) is 0. The Morgan fingerprint density at radius 3 is 1.75 bits per heavy atom. The molecule has 1 nitrogen and oxygen atoms in total. The van der Waals surface area contributed by atoms with Gasteiger partial charge in [-0.3, -0.25) is 0 Å². The Morgan fingerprint density at radius 2 is 1.75 bits per heavy atom. The first-order valence-electron chi connectivity index (χ1n) is 0.400. The van der Waals surface area contributed by atoms with Crippen molar-refractivity contribution in [1.82, 2.24) is 0 Å². The van der Waals surface area contributed by atoms with Crippen molar-refractivity contribution in [2.45, 2.75) is 0 Å². The summed E-state index contributed by atoms with van der Waals surface area (Å²) in [5.74, 6) is 0. The summed E-state index contributed by atoms with van der Waals surface area (Å²) >= 11 is 2.79. The van der Waals surface area contributed by atoms with Crippen molar-refractivity contribution in [3.63, 3.8) is 0 Å². The van der Waals surface area contributed by atoms with Gasteiger partial charge in [0.1, 0.15) is 0 Å². The van der Waals surface area contributed by atoms with Crippen molar-refractivity contribution in [1.29, 1.82) is 5.26 Å². The molecule has 0 heterocycles. The Balaban J connectivity index is 0. The minimum atomic E-state index is 0. The number of hydrogen-bond donors (Lipinski definition) is 0. The third-order valence-corrected chi connectivity index (χ3v) is 0. The Bertz CT molecular complexity index is 29.5. The summed E-state index contributed by atoms with van der Waals surface area (Å²) in [5.41, 5.74) is 0. The van der Waals surface area contributed by atoms with Crippen LogP contribution in [0.25, 0.3) is 0 Å². The predicted octanol–water partition coefficient (Wildman–Crippen LogP) is 0.0118. The molecule has 0 amide bonds. The molecule has 0 spiro atoms. The standard InChI is InChI=1S/CN.Fe.V/c1-2;;.